The number of benzene rings is 2. The van der Waals surface area contributed by atoms with E-state index in [1.807, 2.05) is 0 Å². The molecule has 8 N–H and O–H groups in total. The molecule has 2 heterocycles. The van der Waals surface area contributed by atoms with Crippen LogP contribution in [0.3, 0.4) is 0 Å². The Hall–Kier alpha value is -3.55. The molecule has 1 fully saturated rings. The molecule has 1 saturated heterocycles. The molecular weight excluding hydrogens is 444 g/mol. The van der Waals surface area contributed by atoms with Gasteiger partial charge in [0.2, 0.25) is 17.5 Å². The van der Waals surface area contributed by atoms with E-state index < -0.39 is 65.7 Å². The minimum Gasteiger partial charge on any atom is -0.507 e. The number of hydrogen-bond acceptors (Lipinski definition) is 12. The molecule has 12 heteroatoms. The van der Waals surface area contributed by atoms with E-state index in [0.717, 1.165) is 24.3 Å². The van der Waals surface area contributed by atoms with E-state index in [-0.39, 0.29) is 28.0 Å². The van der Waals surface area contributed by atoms with Crippen molar-refractivity contribution in [3.63, 3.8) is 0 Å². The summed E-state index contributed by atoms with van der Waals surface area (Å²) in [6.07, 6.45) is -7.80. The van der Waals surface area contributed by atoms with Crippen LogP contribution in [0.2, 0.25) is 0 Å². The number of fused-ring (bicyclic) bond motifs is 1. The van der Waals surface area contributed by atoms with Crippen LogP contribution in [0, 0.1) is 0 Å². The van der Waals surface area contributed by atoms with Crippen molar-refractivity contribution in [2.24, 2.45) is 0 Å². The number of phenolic OH excluding ortho intramolecular Hbond substituents is 3. The lowest BCUT2D eigenvalue weighted by molar-refractivity contribution is -0.277. The van der Waals surface area contributed by atoms with Gasteiger partial charge in [0.15, 0.2) is 17.3 Å². The second kappa shape index (κ2) is 8.42. The molecule has 4 rings (SSSR count). The average molecular weight is 464 g/mol. The molecule has 12 nitrogen and oxygen atoms in total. The highest BCUT2D eigenvalue weighted by Gasteiger charge is 2.44. The second-order valence-electron chi connectivity index (χ2n) is 7.44. The highest BCUT2D eigenvalue weighted by atomic mass is 16.7. The number of phenols is 3. The number of aliphatic hydroxyl groups excluding tert-OH is 4. The Bertz CT molecular complexity index is 1250. The van der Waals surface area contributed by atoms with Crippen LogP contribution in [0.1, 0.15) is 0 Å². The van der Waals surface area contributed by atoms with Crippen molar-refractivity contribution >= 4 is 11.0 Å². The zero-order chi connectivity index (χ0) is 24.0. The van der Waals surface area contributed by atoms with Gasteiger partial charge >= 0.3 is 0 Å². The van der Waals surface area contributed by atoms with Gasteiger partial charge in [-0.2, -0.15) is 0 Å². The lowest BCUT2D eigenvalue weighted by Gasteiger charge is -2.39. The fourth-order valence-electron chi connectivity index (χ4n) is 3.49. The average Bonchev–Trinajstić information content (AvgIpc) is 2.78. The van der Waals surface area contributed by atoms with Crippen LogP contribution in [0.5, 0.6) is 28.7 Å². The largest absolute Gasteiger partial charge is 0.507 e. The molecule has 2 aromatic carbocycles. The maximum atomic E-state index is 12.6. The van der Waals surface area contributed by atoms with Gasteiger partial charge in [-0.05, 0) is 18.2 Å². The van der Waals surface area contributed by atoms with Crippen molar-refractivity contribution in [2.75, 3.05) is 6.61 Å². The van der Waals surface area contributed by atoms with Gasteiger partial charge in [-0.25, -0.2) is 0 Å². The predicted molar refractivity (Wildman–Crippen MR) is 109 cm³/mol. The van der Waals surface area contributed by atoms with E-state index in [2.05, 4.69) is 0 Å². The van der Waals surface area contributed by atoms with Gasteiger partial charge in [-0.3, -0.25) is 4.79 Å². The summed E-state index contributed by atoms with van der Waals surface area (Å²) in [7, 11) is 0. The maximum Gasteiger partial charge on any atom is 0.238 e. The van der Waals surface area contributed by atoms with Gasteiger partial charge in [0.05, 0.1) is 6.61 Å². The van der Waals surface area contributed by atoms with E-state index in [1.54, 1.807) is 0 Å². The van der Waals surface area contributed by atoms with Gasteiger partial charge in [0.25, 0.3) is 0 Å². The first-order valence-electron chi connectivity index (χ1n) is 9.64. The number of aliphatic hydroxyl groups is 4. The summed E-state index contributed by atoms with van der Waals surface area (Å²) in [6.45, 7) is -0.676. The molecule has 1 aromatic heterocycles. The highest BCUT2D eigenvalue weighted by Crippen LogP contribution is 2.38. The second-order valence-corrected chi connectivity index (χ2v) is 7.44. The zero-order valence-electron chi connectivity index (χ0n) is 16.7. The van der Waals surface area contributed by atoms with Gasteiger partial charge in [-0.15, -0.1) is 0 Å². The first-order valence-corrected chi connectivity index (χ1v) is 9.64. The number of hydrogen-bond donors (Lipinski definition) is 8. The fourth-order valence-corrected chi connectivity index (χ4v) is 3.49. The molecule has 0 aliphatic carbocycles. The summed E-state index contributed by atoms with van der Waals surface area (Å²) in [5.41, 5.74) is -1.20. The van der Waals surface area contributed by atoms with E-state index in [0.29, 0.717) is 0 Å². The van der Waals surface area contributed by atoms with Crippen LogP contribution >= 0.6 is 0 Å². The van der Waals surface area contributed by atoms with Crippen molar-refractivity contribution < 1.29 is 54.7 Å². The number of rotatable bonds is 4. The van der Waals surface area contributed by atoms with Gasteiger partial charge in [0, 0.05) is 17.7 Å². The summed E-state index contributed by atoms with van der Waals surface area (Å²) >= 11 is 0. The van der Waals surface area contributed by atoms with Crippen LogP contribution < -0.4 is 10.2 Å². The summed E-state index contributed by atoms with van der Waals surface area (Å²) in [5.74, 6) is -3.02. The molecule has 0 spiro atoms. The van der Waals surface area contributed by atoms with E-state index in [9.17, 15) is 45.6 Å². The minimum absolute atomic E-state index is 0.0431. The quantitative estimate of drug-likeness (QED) is 0.229. The Labute approximate surface area is 184 Å². The molecule has 0 bridgehead atoms. The van der Waals surface area contributed by atoms with E-state index in [4.69, 9.17) is 13.9 Å². The third-order valence-electron chi connectivity index (χ3n) is 5.26. The van der Waals surface area contributed by atoms with Crippen LogP contribution in [0.4, 0.5) is 0 Å². The molecule has 3 aromatic rings. The Morgan fingerprint density at radius 1 is 0.879 bits per heavy atom. The van der Waals surface area contributed by atoms with Crippen LogP contribution in [0.25, 0.3) is 22.3 Å². The first kappa shape index (κ1) is 22.6. The minimum atomic E-state index is -1.72. The van der Waals surface area contributed by atoms with Crippen LogP contribution in [-0.4, -0.2) is 78.2 Å². The molecule has 1 aliphatic rings. The molecule has 1 aliphatic heterocycles. The highest BCUT2D eigenvalue weighted by molar-refractivity contribution is 5.88. The first-order chi connectivity index (χ1) is 15.6. The molecule has 5 atom stereocenters. The summed E-state index contributed by atoms with van der Waals surface area (Å²) in [6, 6.07) is 5.55. The molecular formula is C21H20O12. The van der Waals surface area contributed by atoms with E-state index in [1.165, 1.54) is 6.07 Å². The molecule has 176 valence electrons. The third-order valence-corrected chi connectivity index (χ3v) is 5.26. The molecule has 0 amide bonds. The Kier molecular flexibility index (Phi) is 5.78. The topological polar surface area (TPSA) is 211 Å². The summed E-state index contributed by atoms with van der Waals surface area (Å²) in [5, 5.41) is 78.6. The third kappa shape index (κ3) is 3.90. The lowest BCUT2D eigenvalue weighted by atomic mass is 9.99. The maximum absolute atomic E-state index is 12.6. The predicted octanol–water partition coefficient (Wildman–Crippen LogP) is -0.539. The van der Waals surface area contributed by atoms with Gasteiger partial charge in [0.1, 0.15) is 46.9 Å². The van der Waals surface area contributed by atoms with Gasteiger partial charge in [-0.1, -0.05) is 0 Å². The molecule has 0 saturated carbocycles. The standard InChI is InChI=1S/C21H20O12/c22-6-13-15(26)17(28)19(30)21(33-13)31-8-4-11(25)14-12(5-8)32-20(18(29)16(14)27)7-1-2-9(23)10(24)3-7/h1-5,13,15,17,19,21-26,28-30H,6H2/t13?,15-,17+,19?,21-/m1/s1. The molecule has 2 unspecified atom stereocenters. The van der Waals surface area contributed by atoms with Crippen LogP contribution in [-0.2, 0) is 4.74 Å². The Morgan fingerprint density at radius 3 is 2.27 bits per heavy atom. The molecule has 33 heavy (non-hydrogen) atoms. The van der Waals surface area contributed by atoms with E-state index >= 15 is 0 Å². The fraction of sp³-hybridized carbons (Fsp3) is 0.286. The lowest BCUT2D eigenvalue weighted by Crippen LogP contribution is -2.60. The van der Waals surface area contributed by atoms with Gasteiger partial charge < -0.3 is 54.7 Å². The molecule has 0 radical (unpaired) electrons. The van der Waals surface area contributed by atoms with Crippen molar-refractivity contribution in [1.29, 1.82) is 0 Å². The Morgan fingerprint density at radius 2 is 1.61 bits per heavy atom. The van der Waals surface area contributed by atoms with Crippen molar-refractivity contribution in [3.05, 3.63) is 40.6 Å². The van der Waals surface area contributed by atoms with Crippen molar-refractivity contribution in [3.8, 4) is 40.1 Å². The number of aromatic hydroxyl groups is 4. The smallest absolute Gasteiger partial charge is 0.238 e. The summed E-state index contributed by atoms with van der Waals surface area (Å²) in [4.78, 5) is 12.6. The van der Waals surface area contributed by atoms with Crippen LogP contribution in [0.15, 0.2) is 39.5 Å². The Balaban J connectivity index is 1.76. The normalized spacial score (nSPS) is 25.3. The van der Waals surface area contributed by atoms with Crippen molar-refractivity contribution in [2.45, 2.75) is 30.7 Å². The SMILES string of the molecule is O=c1c(O)c(-c2ccc(O)c(O)c2)oc2cc(O[C@@H]3OC(CO)[C@@H](O)[C@H](O)C3O)cc(O)c12. The monoisotopic (exact) mass is 464 g/mol. The summed E-state index contributed by atoms with van der Waals surface area (Å²) < 4.78 is 16.3. The zero-order valence-corrected chi connectivity index (χ0v) is 16.7. The number of ether oxygens (including phenoxy) is 2. The van der Waals surface area contributed by atoms with Crippen molar-refractivity contribution in [1.82, 2.24) is 0 Å².